The molecule has 0 spiro atoms. The highest BCUT2D eigenvalue weighted by atomic mass is 16.5. The van der Waals surface area contributed by atoms with Crippen molar-refractivity contribution in [1.29, 1.82) is 0 Å². The van der Waals surface area contributed by atoms with Crippen molar-refractivity contribution in [1.82, 2.24) is 14.8 Å². The molecule has 8 nitrogen and oxygen atoms in total. The molecule has 8 heteroatoms. The molecule has 2 N–H and O–H groups in total. The summed E-state index contributed by atoms with van der Waals surface area (Å²) >= 11 is 0. The average Bonchev–Trinajstić information content (AvgIpc) is 3.22. The lowest BCUT2D eigenvalue weighted by Crippen LogP contribution is -2.46. The Morgan fingerprint density at radius 2 is 2.00 bits per heavy atom. The van der Waals surface area contributed by atoms with Gasteiger partial charge in [-0.05, 0) is 43.7 Å². The van der Waals surface area contributed by atoms with Gasteiger partial charge in [0.2, 0.25) is 11.9 Å². The number of nitrogens with zero attached hydrogens (tertiary/aromatic N) is 3. The number of aromatic nitrogens is 3. The van der Waals surface area contributed by atoms with Gasteiger partial charge < -0.3 is 20.1 Å². The van der Waals surface area contributed by atoms with Gasteiger partial charge in [0, 0.05) is 11.7 Å². The number of carbonyl (C=O) groups excluding carboxylic acids is 1. The van der Waals surface area contributed by atoms with E-state index >= 15 is 0 Å². The number of carbonyl (C=O) groups is 1. The maximum atomic E-state index is 13.3. The molecule has 0 saturated heterocycles. The summed E-state index contributed by atoms with van der Waals surface area (Å²) in [6, 6.07) is 14.6. The fourth-order valence-corrected chi connectivity index (χ4v) is 3.88. The Balaban J connectivity index is 1.74. The van der Waals surface area contributed by atoms with Gasteiger partial charge in [0.1, 0.15) is 6.33 Å². The van der Waals surface area contributed by atoms with Crippen LogP contribution in [0.3, 0.4) is 0 Å². The summed E-state index contributed by atoms with van der Waals surface area (Å²) in [5, 5.41) is 10.7. The van der Waals surface area contributed by atoms with E-state index < -0.39 is 5.92 Å². The minimum atomic E-state index is -0.429. The Morgan fingerprint density at radius 1 is 1.20 bits per heavy atom. The number of nitrogens with one attached hydrogen (secondary N) is 2. The van der Waals surface area contributed by atoms with Crippen LogP contribution in [0.15, 0.2) is 54.9 Å². The minimum absolute atomic E-state index is 0.0970. The van der Waals surface area contributed by atoms with Crippen LogP contribution in [0.2, 0.25) is 0 Å². The summed E-state index contributed by atoms with van der Waals surface area (Å²) in [5.41, 5.74) is 1.64. The fourth-order valence-electron chi connectivity index (χ4n) is 3.88. The number of benzene rings is 2. The van der Waals surface area contributed by atoms with E-state index in [0.29, 0.717) is 24.1 Å². The second kappa shape index (κ2) is 8.44. The van der Waals surface area contributed by atoms with E-state index in [4.69, 9.17) is 9.47 Å². The van der Waals surface area contributed by atoms with Crippen molar-refractivity contribution in [3.8, 4) is 11.5 Å². The third-order valence-electron chi connectivity index (χ3n) is 5.25. The first-order valence-corrected chi connectivity index (χ1v) is 9.95. The third-order valence-corrected chi connectivity index (χ3v) is 5.25. The third kappa shape index (κ3) is 3.68. The number of para-hydroxylation sites is 1. The van der Waals surface area contributed by atoms with Crippen molar-refractivity contribution in [2.45, 2.75) is 25.9 Å². The monoisotopic (exact) mass is 407 g/mol. The molecule has 1 aliphatic heterocycles. The molecule has 1 aromatic heterocycles. The maximum absolute atomic E-state index is 13.3. The molecule has 0 unspecified atom stereocenters. The first kappa shape index (κ1) is 19.8. The Morgan fingerprint density at radius 3 is 2.73 bits per heavy atom. The van der Waals surface area contributed by atoms with Gasteiger partial charge in [0.05, 0.1) is 25.7 Å². The van der Waals surface area contributed by atoms with Gasteiger partial charge in [-0.2, -0.15) is 10.1 Å². The van der Waals surface area contributed by atoms with Crippen LogP contribution in [0, 0.1) is 5.92 Å². The summed E-state index contributed by atoms with van der Waals surface area (Å²) in [7, 11) is 1.60. The number of rotatable bonds is 6. The molecule has 1 aliphatic rings. The van der Waals surface area contributed by atoms with Crippen molar-refractivity contribution in [3.63, 3.8) is 0 Å². The van der Waals surface area contributed by atoms with Gasteiger partial charge in [0.15, 0.2) is 11.5 Å². The topological polar surface area (TPSA) is 90.3 Å². The Kier molecular flexibility index (Phi) is 5.56. The number of anilines is 2. The van der Waals surface area contributed by atoms with Gasteiger partial charge in [-0.15, -0.1) is 0 Å². The first-order chi connectivity index (χ1) is 14.6. The first-order valence-electron chi connectivity index (χ1n) is 9.95. The van der Waals surface area contributed by atoms with Crippen LogP contribution >= 0.6 is 0 Å². The van der Waals surface area contributed by atoms with Crippen LogP contribution in [-0.4, -0.2) is 40.4 Å². The zero-order valence-electron chi connectivity index (χ0n) is 17.2. The van der Waals surface area contributed by atoms with Crippen LogP contribution in [0.4, 0.5) is 11.6 Å². The van der Waals surface area contributed by atoms with Crippen LogP contribution in [-0.2, 0) is 4.79 Å². The maximum Gasteiger partial charge on any atom is 0.232 e. The number of methoxy groups -OCH3 is 1. The molecule has 0 saturated carbocycles. The summed E-state index contributed by atoms with van der Waals surface area (Å²) in [6.45, 7) is 4.44. The van der Waals surface area contributed by atoms with E-state index in [-0.39, 0.29) is 18.0 Å². The highest BCUT2D eigenvalue weighted by Crippen LogP contribution is 2.39. The molecule has 156 valence electrons. The zero-order chi connectivity index (χ0) is 21.1. The summed E-state index contributed by atoms with van der Waals surface area (Å²) in [4.78, 5) is 17.7. The lowest BCUT2D eigenvalue weighted by Gasteiger charge is -2.37. The van der Waals surface area contributed by atoms with Crippen molar-refractivity contribution >= 4 is 17.5 Å². The molecule has 2 aromatic carbocycles. The van der Waals surface area contributed by atoms with Gasteiger partial charge in [-0.1, -0.05) is 24.3 Å². The second-order valence-corrected chi connectivity index (χ2v) is 7.13. The van der Waals surface area contributed by atoms with Crippen LogP contribution in [0.5, 0.6) is 11.5 Å². The Bertz CT molecular complexity index is 1020. The normalized spacial score (nSPS) is 20.0. The van der Waals surface area contributed by atoms with Crippen molar-refractivity contribution in [3.05, 3.63) is 60.4 Å². The number of hydrogen-bond donors (Lipinski definition) is 2. The number of amides is 1. The standard InChI is InChI=1S/C22H25N5O3/c1-4-30-17-11-10-15(12-18(17)29-3)20-19(14(2)25-22-23-13-24-27(20)22)21(28)26-16-8-6-5-7-9-16/h5-14,19-20H,4H2,1-3H3,(H,26,28)(H,23,24,25)/t14-,19+,20+/m0/s1. The zero-order valence-corrected chi connectivity index (χ0v) is 17.2. The predicted octanol–water partition coefficient (Wildman–Crippen LogP) is 3.34. The molecule has 0 bridgehead atoms. The molecular weight excluding hydrogens is 382 g/mol. The molecule has 0 fully saturated rings. The number of hydrogen-bond acceptors (Lipinski definition) is 6. The summed E-state index contributed by atoms with van der Waals surface area (Å²) in [5.74, 6) is 1.38. The highest BCUT2D eigenvalue weighted by Gasteiger charge is 2.41. The molecule has 3 aromatic rings. The van der Waals surface area contributed by atoms with E-state index in [1.807, 2.05) is 62.4 Å². The van der Waals surface area contributed by atoms with E-state index in [2.05, 4.69) is 20.7 Å². The molecule has 1 amide bonds. The van der Waals surface area contributed by atoms with Gasteiger partial charge in [-0.25, -0.2) is 4.68 Å². The van der Waals surface area contributed by atoms with E-state index in [0.717, 1.165) is 11.3 Å². The Labute approximate surface area is 175 Å². The quantitative estimate of drug-likeness (QED) is 0.651. The summed E-state index contributed by atoms with van der Waals surface area (Å²) in [6.07, 6.45) is 1.49. The lowest BCUT2D eigenvalue weighted by molar-refractivity contribution is -0.121. The second-order valence-electron chi connectivity index (χ2n) is 7.13. The highest BCUT2D eigenvalue weighted by molar-refractivity contribution is 5.94. The van der Waals surface area contributed by atoms with E-state index in [9.17, 15) is 4.79 Å². The van der Waals surface area contributed by atoms with Gasteiger partial charge >= 0.3 is 0 Å². The molecular formula is C22H25N5O3. The molecule has 3 atom stereocenters. The van der Waals surface area contributed by atoms with Crippen molar-refractivity contribution in [2.75, 3.05) is 24.4 Å². The number of fused-ring (bicyclic) bond motifs is 1. The van der Waals surface area contributed by atoms with Crippen molar-refractivity contribution in [2.24, 2.45) is 5.92 Å². The lowest BCUT2D eigenvalue weighted by atomic mass is 9.85. The Hall–Kier alpha value is -3.55. The summed E-state index contributed by atoms with van der Waals surface area (Å²) < 4.78 is 12.9. The van der Waals surface area contributed by atoms with Gasteiger partial charge in [0.25, 0.3) is 0 Å². The van der Waals surface area contributed by atoms with Crippen LogP contribution < -0.4 is 20.1 Å². The van der Waals surface area contributed by atoms with E-state index in [1.54, 1.807) is 11.8 Å². The SMILES string of the molecule is CCOc1ccc([C@@H]2[C@H](C(=O)Nc3ccccc3)[C@H](C)Nc3ncnn32)cc1OC. The number of ether oxygens (including phenoxy) is 2. The average molecular weight is 407 g/mol. The molecule has 4 rings (SSSR count). The van der Waals surface area contributed by atoms with Crippen LogP contribution in [0.25, 0.3) is 0 Å². The molecule has 30 heavy (non-hydrogen) atoms. The van der Waals surface area contributed by atoms with E-state index in [1.165, 1.54) is 6.33 Å². The largest absolute Gasteiger partial charge is 0.493 e. The molecule has 0 radical (unpaired) electrons. The predicted molar refractivity (Wildman–Crippen MR) is 114 cm³/mol. The molecule has 0 aliphatic carbocycles. The van der Waals surface area contributed by atoms with Gasteiger partial charge in [-0.3, -0.25) is 4.79 Å². The molecule has 2 heterocycles. The van der Waals surface area contributed by atoms with Crippen LogP contribution in [0.1, 0.15) is 25.5 Å². The smallest absolute Gasteiger partial charge is 0.232 e. The van der Waals surface area contributed by atoms with Crippen molar-refractivity contribution < 1.29 is 14.3 Å². The fraction of sp³-hybridized carbons (Fsp3) is 0.318. The minimum Gasteiger partial charge on any atom is -0.493 e.